The molecule has 1 aliphatic heterocycles. The van der Waals surface area contributed by atoms with E-state index in [9.17, 15) is 4.39 Å². The van der Waals surface area contributed by atoms with E-state index in [2.05, 4.69) is 10.3 Å². The second-order valence-electron chi connectivity index (χ2n) is 3.91. The van der Waals surface area contributed by atoms with Crippen molar-refractivity contribution in [3.63, 3.8) is 0 Å². The van der Waals surface area contributed by atoms with Gasteiger partial charge in [0.25, 0.3) is 0 Å². The van der Waals surface area contributed by atoms with Crippen LogP contribution in [0.4, 0.5) is 4.39 Å². The van der Waals surface area contributed by atoms with Crippen molar-refractivity contribution in [2.75, 3.05) is 20.1 Å². The van der Waals surface area contributed by atoms with Crippen LogP contribution >= 0.6 is 0 Å². The Bertz CT molecular complexity index is 490. The smallest absolute Gasteiger partial charge is 0.194 e. The molecule has 0 aromatic heterocycles. The number of rotatable bonds is 2. The molecule has 88 valence electrons. The summed E-state index contributed by atoms with van der Waals surface area (Å²) < 4.78 is 13.3. The fourth-order valence-corrected chi connectivity index (χ4v) is 1.66. The summed E-state index contributed by atoms with van der Waals surface area (Å²) >= 11 is 0. The van der Waals surface area contributed by atoms with Gasteiger partial charge in [-0.15, -0.1) is 0 Å². The third-order valence-electron chi connectivity index (χ3n) is 2.66. The number of likely N-dealkylation sites (N-methyl/N-ethyl adjacent to an activating group) is 1. The number of hydrogen-bond acceptors (Lipinski definition) is 4. The maximum Gasteiger partial charge on any atom is 0.194 e. The molecule has 0 atom stereocenters. The highest BCUT2D eigenvalue weighted by Gasteiger charge is 2.11. The van der Waals surface area contributed by atoms with Crippen LogP contribution < -0.4 is 5.32 Å². The second kappa shape index (κ2) is 4.83. The molecule has 1 aromatic rings. The molecule has 0 spiro atoms. The zero-order chi connectivity index (χ0) is 12.3. The largest absolute Gasteiger partial charge is 0.352 e. The average molecular weight is 232 g/mol. The summed E-state index contributed by atoms with van der Waals surface area (Å²) in [5, 5.41) is 11.8. The van der Waals surface area contributed by atoms with E-state index in [-0.39, 0.29) is 5.56 Å². The zero-order valence-electron chi connectivity index (χ0n) is 9.57. The Balaban J connectivity index is 2.00. The Hall–Kier alpha value is -2.09. The molecule has 5 heteroatoms. The molecule has 1 N–H and O–H groups in total. The van der Waals surface area contributed by atoms with E-state index in [1.54, 1.807) is 12.1 Å². The van der Waals surface area contributed by atoms with Crippen LogP contribution in [0.15, 0.2) is 23.2 Å². The molecule has 0 unspecified atom stereocenters. The van der Waals surface area contributed by atoms with Crippen molar-refractivity contribution >= 4 is 5.96 Å². The monoisotopic (exact) mass is 232 g/mol. The third-order valence-corrected chi connectivity index (χ3v) is 2.66. The number of nitrogens with zero attached hydrogens (tertiary/aromatic N) is 3. The van der Waals surface area contributed by atoms with Gasteiger partial charge in [-0.05, 0) is 17.7 Å². The fourth-order valence-electron chi connectivity index (χ4n) is 1.66. The van der Waals surface area contributed by atoms with Crippen molar-refractivity contribution in [1.29, 1.82) is 5.26 Å². The van der Waals surface area contributed by atoms with Crippen molar-refractivity contribution in [1.82, 2.24) is 10.2 Å². The highest BCUT2D eigenvalue weighted by Crippen LogP contribution is 2.09. The first-order valence-corrected chi connectivity index (χ1v) is 5.38. The number of halogens is 1. The quantitative estimate of drug-likeness (QED) is 0.830. The highest BCUT2D eigenvalue weighted by atomic mass is 19.1. The summed E-state index contributed by atoms with van der Waals surface area (Å²) in [5.74, 6) is 0.350. The molecule has 0 bridgehead atoms. The minimum atomic E-state index is -0.478. The van der Waals surface area contributed by atoms with Crippen LogP contribution in [0.25, 0.3) is 0 Å². The molecule has 0 fully saturated rings. The number of hydrogen-bond donors (Lipinski definition) is 1. The van der Waals surface area contributed by atoms with Gasteiger partial charge >= 0.3 is 0 Å². The minimum Gasteiger partial charge on any atom is -0.352 e. The number of nitriles is 1. The van der Waals surface area contributed by atoms with Crippen molar-refractivity contribution < 1.29 is 4.39 Å². The Morgan fingerprint density at radius 2 is 2.41 bits per heavy atom. The minimum absolute atomic E-state index is 0.0732. The molecule has 1 aliphatic rings. The highest BCUT2D eigenvalue weighted by molar-refractivity contribution is 5.81. The molecule has 0 saturated heterocycles. The molecule has 4 nitrogen and oxygen atoms in total. The molecule has 1 aromatic carbocycles. The van der Waals surface area contributed by atoms with Crippen LogP contribution in [-0.4, -0.2) is 31.0 Å². The molecular weight excluding hydrogens is 219 g/mol. The van der Waals surface area contributed by atoms with Crippen LogP contribution in [-0.2, 0) is 6.54 Å². The molecular formula is C12H13FN4. The average Bonchev–Trinajstić information content (AvgIpc) is 2.72. The van der Waals surface area contributed by atoms with Gasteiger partial charge in [0.2, 0.25) is 0 Å². The third kappa shape index (κ3) is 2.53. The maximum atomic E-state index is 13.3. The van der Waals surface area contributed by atoms with Gasteiger partial charge in [-0.2, -0.15) is 5.26 Å². The van der Waals surface area contributed by atoms with Gasteiger partial charge < -0.3 is 10.2 Å². The number of aliphatic imine (C=N–C) groups is 1. The summed E-state index contributed by atoms with van der Waals surface area (Å²) in [6, 6.07) is 6.41. The van der Waals surface area contributed by atoms with E-state index in [1.165, 1.54) is 12.1 Å². The first-order chi connectivity index (χ1) is 8.20. The molecule has 0 amide bonds. The van der Waals surface area contributed by atoms with Gasteiger partial charge in [-0.3, -0.25) is 4.99 Å². The Morgan fingerprint density at radius 1 is 1.59 bits per heavy atom. The standard InChI is InChI=1S/C12H13FN4/c1-17-5-4-15-12(17)16-8-9-2-3-10(7-14)11(13)6-9/h2-3,6H,4-5,8H2,1H3,(H,15,16). The summed E-state index contributed by atoms with van der Waals surface area (Å²) in [4.78, 5) is 6.29. The van der Waals surface area contributed by atoms with Gasteiger partial charge in [0.15, 0.2) is 5.96 Å². The summed E-state index contributed by atoms with van der Waals surface area (Å²) in [6.45, 7) is 2.20. The van der Waals surface area contributed by atoms with E-state index in [4.69, 9.17) is 5.26 Å². The van der Waals surface area contributed by atoms with Crippen LogP contribution in [0.5, 0.6) is 0 Å². The van der Waals surface area contributed by atoms with Gasteiger partial charge in [0.1, 0.15) is 11.9 Å². The Labute approximate surface area is 99.4 Å². The predicted octanol–water partition coefficient (Wildman–Crippen LogP) is 1.09. The number of guanidine groups is 1. The van der Waals surface area contributed by atoms with E-state index >= 15 is 0 Å². The second-order valence-corrected chi connectivity index (χ2v) is 3.91. The Kier molecular flexibility index (Phi) is 3.24. The van der Waals surface area contributed by atoms with Crippen molar-refractivity contribution in [3.05, 3.63) is 35.1 Å². The molecule has 0 radical (unpaired) electrons. The van der Waals surface area contributed by atoms with Gasteiger partial charge in [0, 0.05) is 20.1 Å². The molecule has 2 rings (SSSR count). The lowest BCUT2D eigenvalue weighted by Crippen LogP contribution is -2.35. The first-order valence-electron chi connectivity index (χ1n) is 5.38. The SMILES string of the molecule is CN1CCN=C1NCc1ccc(C#N)c(F)c1. The molecule has 0 saturated carbocycles. The van der Waals surface area contributed by atoms with E-state index < -0.39 is 5.82 Å². The Morgan fingerprint density at radius 3 is 3.00 bits per heavy atom. The summed E-state index contributed by atoms with van der Waals surface area (Å²) in [6.07, 6.45) is 0. The lowest BCUT2D eigenvalue weighted by Gasteiger charge is -2.15. The lowest BCUT2D eigenvalue weighted by atomic mass is 10.1. The normalized spacial score (nSPS) is 14.4. The summed E-state index contributed by atoms with van der Waals surface area (Å²) in [5.41, 5.74) is 0.869. The predicted molar refractivity (Wildman–Crippen MR) is 62.9 cm³/mol. The molecule has 17 heavy (non-hydrogen) atoms. The number of benzene rings is 1. The van der Waals surface area contributed by atoms with Crippen molar-refractivity contribution in [2.45, 2.75) is 6.54 Å². The van der Waals surface area contributed by atoms with Gasteiger partial charge in [-0.25, -0.2) is 4.39 Å². The zero-order valence-corrected chi connectivity index (χ0v) is 9.57. The molecule has 1 heterocycles. The van der Waals surface area contributed by atoms with E-state index in [0.717, 1.165) is 24.6 Å². The lowest BCUT2D eigenvalue weighted by molar-refractivity contribution is 0.533. The maximum absolute atomic E-state index is 13.3. The van der Waals surface area contributed by atoms with Crippen LogP contribution in [0.3, 0.4) is 0 Å². The molecule has 0 aliphatic carbocycles. The number of nitrogens with one attached hydrogen (secondary N) is 1. The van der Waals surface area contributed by atoms with Gasteiger partial charge in [0.05, 0.1) is 12.1 Å². The van der Waals surface area contributed by atoms with Crippen molar-refractivity contribution in [3.8, 4) is 6.07 Å². The van der Waals surface area contributed by atoms with Crippen molar-refractivity contribution in [2.24, 2.45) is 4.99 Å². The van der Waals surface area contributed by atoms with Crippen LogP contribution in [0.2, 0.25) is 0 Å². The van der Waals surface area contributed by atoms with Crippen LogP contribution in [0.1, 0.15) is 11.1 Å². The van der Waals surface area contributed by atoms with E-state index in [0.29, 0.717) is 6.54 Å². The van der Waals surface area contributed by atoms with Gasteiger partial charge in [-0.1, -0.05) is 6.07 Å². The first kappa shape index (κ1) is 11.4. The van der Waals surface area contributed by atoms with Crippen LogP contribution in [0, 0.1) is 17.1 Å². The van der Waals surface area contributed by atoms with E-state index in [1.807, 2.05) is 11.9 Å². The summed E-state index contributed by atoms with van der Waals surface area (Å²) in [7, 11) is 1.96. The fraction of sp³-hybridized carbons (Fsp3) is 0.333. The topological polar surface area (TPSA) is 51.4 Å².